The van der Waals surface area contributed by atoms with Crippen LogP contribution in [0.4, 0.5) is 0 Å². The highest BCUT2D eigenvalue weighted by Gasteiger charge is 2.12. The molecule has 7 heteroatoms. The number of carbonyl (C=O) groups is 1. The summed E-state index contributed by atoms with van der Waals surface area (Å²) in [5.74, 6) is -0.590. The lowest BCUT2D eigenvalue weighted by atomic mass is 10.2. The van der Waals surface area contributed by atoms with Crippen LogP contribution in [0, 0.1) is 0 Å². The summed E-state index contributed by atoms with van der Waals surface area (Å²) in [5, 5.41) is 0. The standard InChI is InChI=1S/C14H20O6S/c1-2-19-14(15)11-18-9-6-10-20-21(16,17)12-13-7-4-3-5-8-13/h3-5,7-8H,2,6,9-12H2,1H3. The van der Waals surface area contributed by atoms with Crippen molar-refractivity contribution in [2.45, 2.75) is 19.1 Å². The maximum absolute atomic E-state index is 11.7. The highest BCUT2D eigenvalue weighted by molar-refractivity contribution is 7.85. The highest BCUT2D eigenvalue weighted by Crippen LogP contribution is 2.07. The molecule has 0 aliphatic carbocycles. The second kappa shape index (κ2) is 9.49. The lowest BCUT2D eigenvalue weighted by molar-refractivity contribution is -0.148. The molecule has 0 heterocycles. The smallest absolute Gasteiger partial charge is 0.332 e. The molecule has 0 radical (unpaired) electrons. The Morgan fingerprint density at radius 2 is 1.86 bits per heavy atom. The van der Waals surface area contributed by atoms with Crippen molar-refractivity contribution in [3.8, 4) is 0 Å². The van der Waals surface area contributed by atoms with Crippen molar-refractivity contribution in [1.29, 1.82) is 0 Å². The van der Waals surface area contributed by atoms with Crippen molar-refractivity contribution in [3.05, 3.63) is 35.9 Å². The molecular weight excluding hydrogens is 296 g/mol. The molecule has 0 N–H and O–H groups in total. The zero-order chi connectivity index (χ0) is 15.6. The van der Waals surface area contributed by atoms with E-state index in [1.807, 2.05) is 6.07 Å². The number of hydrogen-bond donors (Lipinski definition) is 0. The van der Waals surface area contributed by atoms with Crippen LogP contribution in [0.1, 0.15) is 18.9 Å². The molecule has 118 valence electrons. The van der Waals surface area contributed by atoms with Crippen LogP contribution in [0.15, 0.2) is 30.3 Å². The molecule has 0 aliphatic heterocycles. The van der Waals surface area contributed by atoms with Gasteiger partial charge in [0, 0.05) is 6.61 Å². The summed E-state index contributed by atoms with van der Waals surface area (Å²) in [6.07, 6.45) is 0.382. The van der Waals surface area contributed by atoms with Gasteiger partial charge in [-0.2, -0.15) is 8.42 Å². The van der Waals surface area contributed by atoms with Crippen LogP contribution in [0.5, 0.6) is 0 Å². The monoisotopic (exact) mass is 316 g/mol. The summed E-state index contributed by atoms with van der Waals surface area (Å²) in [6, 6.07) is 8.81. The maximum Gasteiger partial charge on any atom is 0.332 e. The van der Waals surface area contributed by atoms with E-state index in [-0.39, 0.29) is 25.6 Å². The Hall–Kier alpha value is -1.44. The molecule has 1 aromatic carbocycles. The Kier molecular flexibility index (Phi) is 7.96. The predicted molar refractivity (Wildman–Crippen MR) is 77.1 cm³/mol. The molecule has 0 saturated carbocycles. The molecule has 0 unspecified atom stereocenters. The van der Waals surface area contributed by atoms with Crippen molar-refractivity contribution < 1.29 is 26.9 Å². The van der Waals surface area contributed by atoms with E-state index >= 15 is 0 Å². The number of benzene rings is 1. The van der Waals surface area contributed by atoms with Crippen molar-refractivity contribution in [1.82, 2.24) is 0 Å². The Bertz CT molecular complexity index is 512. The van der Waals surface area contributed by atoms with E-state index in [9.17, 15) is 13.2 Å². The van der Waals surface area contributed by atoms with Crippen LogP contribution in [-0.2, 0) is 34.3 Å². The fraction of sp³-hybridized carbons (Fsp3) is 0.500. The average Bonchev–Trinajstić information content (AvgIpc) is 2.43. The van der Waals surface area contributed by atoms with Crippen molar-refractivity contribution >= 4 is 16.1 Å². The molecule has 0 amide bonds. The number of rotatable bonds is 10. The summed E-state index contributed by atoms with van der Waals surface area (Å²) in [7, 11) is -3.59. The van der Waals surface area contributed by atoms with E-state index in [1.165, 1.54) is 0 Å². The molecule has 1 rings (SSSR count). The lowest BCUT2D eigenvalue weighted by Gasteiger charge is -2.06. The van der Waals surface area contributed by atoms with Gasteiger partial charge in [-0.05, 0) is 18.9 Å². The SMILES string of the molecule is CCOC(=O)COCCCOS(=O)(=O)Cc1ccccc1. The molecular formula is C14H20O6S. The number of hydrogen-bond acceptors (Lipinski definition) is 6. The van der Waals surface area contributed by atoms with Crippen LogP contribution in [-0.4, -0.2) is 40.8 Å². The third kappa shape index (κ3) is 8.44. The van der Waals surface area contributed by atoms with E-state index in [0.717, 1.165) is 0 Å². The van der Waals surface area contributed by atoms with Gasteiger partial charge in [-0.1, -0.05) is 30.3 Å². The van der Waals surface area contributed by atoms with Gasteiger partial charge in [-0.3, -0.25) is 4.18 Å². The van der Waals surface area contributed by atoms with Crippen LogP contribution in [0.2, 0.25) is 0 Å². The van der Waals surface area contributed by atoms with Gasteiger partial charge in [0.05, 0.1) is 13.2 Å². The molecule has 1 aromatic rings. The van der Waals surface area contributed by atoms with Crippen molar-refractivity contribution in [3.63, 3.8) is 0 Å². The largest absolute Gasteiger partial charge is 0.464 e. The zero-order valence-corrected chi connectivity index (χ0v) is 12.8. The van der Waals surface area contributed by atoms with Gasteiger partial charge < -0.3 is 9.47 Å². The summed E-state index contributed by atoms with van der Waals surface area (Å²) in [4.78, 5) is 11.0. The Balaban J connectivity index is 2.15. The van der Waals surface area contributed by atoms with Crippen LogP contribution in [0.25, 0.3) is 0 Å². The molecule has 0 atom stereocenters. The van der Waals surface area contributed by atoms with E-state index in [4.69, 9.17) is 8.92 Å². The van der Waals surface area contributed by atoms with Crippen LogP contribution in [0.3, 0.4) is 0 Å². The minimum absolute atomic E-state index is 0.0258. The fourth-order valence-electron chi connectivity index (χ4n) is 1.53. The first-order chi connectivity index (χ1) is 10.0. The maximum atomic E-state index is 11.7. The zero-order valence-electron chi connectivity index (χ0n) is 12.0. The molecule has 0 bridgehead atoms. The van der Waals surface area contributed by atoms with Gasteiger partial charge in [0.2, 0.25) is 0 Å². The molecule has 21 heavy (non-hydrogen) atoms. The normalized spacial score (nSPS) is 11.3. The lowest BCUT2D eigenvalue weighted by Crippen LogP contribution is -2.15. The van der Waals surface area contributed by atoms with Gasteiger partial charge in [0.25, 0.3) is 10.1 Å². The number of ether oxygens (including phenoxy) is 2. The summed E-state index contributed by atoms with van der Waals surface area (Å²) < 4.78 is 38.0. The average molecular weight is 316 g/mol. The first-order valence-corrected chi connectivity index (χ1v) is 8.25. The van der Waals surface area contributed by atoms with Crippen LogP contribution >= 0.6 is 0 Å². The first kappa shape index (κ1) is 17.6. The highest BCUT2D eigenvalue weighted by atomic mass is 32.2. The summed E-state index contributed by atoms with van der Waals surface area (Å²) in [5.41, 5.74) is 0.677. The van der Waals surface area contributed by atoms with Crippen molar-refractivity contribution in [2.75, 3.05) is 26.4 Å². The quantitative estimate of drug-likeness (QED) is 0.370. The molecule has 0 saturated heterocycles. The van der Waals surface area contributed by atoms with E-state index < -0.39 is 16.1 Å². The minimum Gasteiger partial charge on any atom is -0.464 e. The topological polar surface area (TPSA) is 78.9 Å². The second-order valence-corrected chi connectivity index (χ2v) is 5.86. The first-order valence-electron chi connectivity index (χ1n) is 6.68. The van der Waals surface area contributed by atoms with E-state index in [2.05, 4.69) is 4.74 Å². The summed E-state index contributed by atoms with van der Waals surface area (Å²) >= 11 is 0. The van der Waals surface area contributed by atoms with Gasteiger partial charge in [-0.15, -0.1) is 0 Å². The Morgan fingerprint density at radius 3 is 2.52 bits per heavy atom. The minimum atomic E-state index is -3.59. The van der Waals surface area contributed by atoms with Crippen LogP contribution < -0.4 is 0 Å². The van der Waals surface area contributed by atoms with Gasteiger partial charge in [-0.25, -0.2) is 4.79 Å². The summed E-state index contributed by atoms with van der Waals surface area (Å²) in [6.45, 7) is 2.15. The molecule has 0 aliphatic rings. The van der Waals surface area contributed by atoms with Crippen molar-refractivity contribution in [2.24, 2.45) is 0 Å². The Morgan fingerprint density at radius 1 is 1.14 bits per heavy atom. The second-order valence-electron chi connectivity index (χ2n) is 4.22. The Labute approximate surface area is 125 Å². The number of esters is 1. The molecule has 0 spiro atoms. The van der Waals surface area contributed by atoms with Gasteiger partial charge in [0.1, 0.15) is 12.4 Å². The molecule has 0 fully saturated rings. The molecule has 0 aromatic heterocycles. The predicted octanol–water partition coefficient (Wildman–Crippen LogP) is 1.50. The van der Waals surface area contributed by atoms with Gasteiger partial charge in [0.15, 0.2) is 0 Å². The third-order valence-electron chi connectivity index (χ3n) is 2.41. The van der Waals surface area contributed by atoms with Gasteiger partial charge >= 0.3 is 5.97 Å². The van der Waals surface area contributed by atoms with E-state index in [0.29, 0.717) is 18.6 Å². The number of carbonyl (C=O) groups excluding carboxylic acids is 1. The third-order valence-corrected chi connectivity index (χ3v) is 3.62. The molecule has 6 nitrogen and oxygen atoms in total. The fourth-order valence-corrected chi connectivity index (χ4v) is 2.58. The van der Waals surface area contributed by atoms with E-state index in [1.54, 1.807) is 31.2 Å².